The Balaban J connectivity index is 1.69. The molecule has 0 bridgehead atoms. The summed E-state index contributed by atoms with van der Waals surface area (Å²) in [5, 5.41) is 3.75. The van der Waals surface area contributed by atoms with E-state index in [2.05, 4.69) is 24.1 Å². The van der Waals surface area contributed by atoms with E-state index in [0.717, 1.165) is 58.7 Å². The van der Waals surface area contributed by atoms with Crippen LogP contribution in [-0.4, -0.2) is 68.3 Å². The Morgan fingerprint density at radius 2 is 2.05 bits per heavy atom. The molecule has 3 atom stereocenters. The molecular weight excluding hydrogens is 268 g/mol. The van der Waals surface area contributed by atoms with E-state index in [0.29, 0.717) is 18.2 Å². The number of morpholine rings is 1. The van der Waals surface area contributed by atoms with Gasteiger partial charge in [0.2, 0.25) is 0 Å². The largest absolute Gasteiger partial charge is 0.376 e. The van der Waals surface area contributed by atoms with Gasteiger partial charge in [0.05, 0.1) is 25.9 Å². The van der Waals surface area contributed by atoms with Crippen molar-refractivity contribution < 1.29 is 14.2 Å². The Hall–Kier alpha value is -0.200. The summed E-state index contributed by atoms with van der Waals surface area (Å²) in [7, 11) is 0. The van der Waals surface area contributed by atoms with Crippen LogP contribution in [-0.2, 0) is 14.2 Å². The zero-order chi connectivity index (χ0) is 14.7. The standard InChI is InChI=1S/C16H30N2O3/c1-3-6-17-14-4-5-16(20-9-10-21-16)11-15(14)18-7-8-19-13(2)12-18/h13-15,17H,3-12H2,1-2H3. The summed E-state index contributed by atoms with van der Waals surface area (Å²) in [6, 6.07) is 1.04. The van der Waals surface area contributed by atoms with Gasteiger partial charge in [0.15, 0.2) is 5.79 Å². The summed E-state index contributed by atoms with van der Waals surface area (Å²) >= 11 is 0. The summed E-state index contributed by atoms with van der Waals surface area (Å²) in [5.41, 5.74) is 0. The SMILES string of the molecule is CCCNC1CCC2(CC1N1CCOC(C)C1)OCCO2. The average molecular weight is 298 g/mol. The van der Waals surface area contributed by atoms with Crippen LogP contribution in [0.1, 0.15) is 39.5 Å². The fourth-order valence-electron chi connectivity index (χ4n) is 3.99. The molecule has 0 amide bonds. The van der Waals surface area contributed by atoms with Crippen LogP contribution in [0.4, 0.5) is 0 Å². The topological polar surface area (TPSA) is 43.0 Å². The van der Waals surface area contributed by atoms with E-state index in [-0.39, 0.29) is 5.79 Å². The first-order valence-corrected chi connectivity index (χ1v) is 8.59. The maximum absolute atomic E-state index is 5.97. The van der Waals surface area contributed by atoms with Crippen LogP contribution < -0.4 is 5.32 Å². The monoisotopic (exact) mass is 298 g/mol. The second-order valence-electron chi connectivity index (χ2n) is 6.65. The number of nitrogens with zero attached hydrogens (tertiary/aromatic N) is 1. The third-order valence-corrected chi connectivity index (χ3v) is 5.03. The van der Waals surface area contributed by atoms with Gasteiger partial charge in [-0.1, -0.05) is 6.92 Å². The zero-order valence-electron chi connectivity index (χ0n) is 13.5. The Morgan fingerprint density at radius 1 is 1.24 bits per heavy atom. The van der Waals surface area contributed by atoms with E-state index >= 15 is 0 Å². The Morgan fingerprint density at radius 3 is 2.76 bits per heavy atom. The maximum atomic E-state index is 5.97. The van der Waals surface area contributed by atoms with Crippen molar-refractivity contribution in [3.63, 3.8) is 0 Å². The van der Waals surface area contributed by atoms with Gasteiger partial charge < -0.3 is 19.5 Å². The van der Waals surface area contributed by atoms with Crippen molar-refractivity contribution in [3.8, 4) is 0 Å². The molecule has 2 saturated heterocycles. The molecule has 21 heavy (non-hydrogen) atoms. The van der Waals surface area contributed by atoms with Crippen LogP contribution in [0.15, 0.2) is 0 Å². The van der Waals surface area contributed by atoms with E-state index in [1.54, 1.807) is 0 Å². The molecule has 0 radical (unpaired) electrons. The molecule has 3 rings (SSSR count). The molecule has 1 saturated carbocycles. The van der Waals surface area contributed by atoms with Gasteiger partial charge in [0, 0.05) is 38.0 Å². The predicted octanol–water partition coefficient (Wildman–Crippen LogP) is 1.37. The maximum Gasteiger partial charge on any atom is 0.170 e. The predicted molar refractivity (Wildman–Crippen MR) is 81.3 cm³/mol. The van der Waals surface area contributed by atoms with Gasteiger partial charge >= 0.3 is 0 Å². The molecule has 3 aliphatic rings. The minimum absolute atomic E-state index is 0.309. The van der Waals surface area contributed by atoms with Crippen LogP contribution in [0.5, 0.6) is 0 Å². The number of nitrogens with one attached hydrogen (secondary N) is 1. The van der Waals surface area contributed by atoms with Crippen molar-refractivity contribution in [1.29, 1.82) is 0 Å². The highest BCUT2D eigenvalue weighted by molar-refractivity contribution is 4.97. The first-order valence-electron chi connectivity index (χ1n) is 8.59. The second kappa shape index (κ2) is 6.92. The molecule has 1 spiro atoms. The van der Waals surface area contributed by atoms with Crippen molar-refractivity contribution in [2.24, 2.45) is 0 Å². The molecule has 0 aromatic carbocycles. The molecule has 3 fully saturated rings. The molecular formula is C16H30N2O3. The minimum Gasteiger partial charge on any atom is -0.376 e. The lowest BCUT2D eigenvalue weighted by Crippen LogP contribution is -2.60. The fourth-order valence-corrected chi connectivity index (χ4v) is 3.99. The van der Waals surface area contributed by atoms with Crippen LogP contribution in [0.25, 0.3) is 0 Å². The van der Waals surface area contributed by atoms with Gasteiger partial charge in [-0.25, -0.2) is 0 Å². The molecule has 1 aliphatic carbocycles. The average Bonchev–Trinajstić information content (AvgIpc) is 2.94. The lowest BCUT2D eigenvalue weighted by molar-refractivity contribution is -0.197. The zero-order valence-corrected chi connectivity index (χ0v) is 13.5. The Labute approximate surface area is 128 Å². The van der Waals surface area contributed by atoms with Gasteiger partial charge in [0.1, 0.15) is 0 Å². The van der Waals surface area contributed by atoms with Crippen molar-refractivity contribution in [2.45, 2.75) is 63.5 Å². The van der Waals surface area contributed by atoms with Gasteiger partial charge in [0.25, 0.3) is 0 Å². The highest BCUT2D eigenvalue weighted by Gasteiger charge is 2.47. The first kappa shape index (κ1) is 15.7. The van der Waals surface area contributed by atoms with Gasteiger partial charge in [-0.2, -0.15) is 0 Å². The molecule has 1 N–H and O–H groups in total. The third-order valence-electron chi connectivity index (χ3n) is 5.03. The summed E-state index contributed by atoms with van der Waals surface area (Å²) in [5.74, 6) is -0.309. The number of hydrogen-bond donors (Lipinski definition) is 1. The van der Waals surface area contributed by atoms with Crippen LogP contribution in [0.2, 0.25) is 0 Å². The summed E-state index contributed by atoms with van der Waals surface area (Å²) in [6.07, 6.45) is 4.65. The highest BCUT2D eigenvalue weighted by Crippen LogP contribution is 2.38. The summed E-state index contributed by atoms with van der Waals surface area (Å²) in [6.45, 7) is 9.87. The molecule has 122 valence electrons. The molecule has 2 aliphatic heterocycles. The second-order valence-corrected chi connectivity index (χ2v) is 6.65. The Bertz CT molecular complexity index is 333. The minimum atomic E-state index is -0.309. The van der Waals surface area contributed by atoms with E-state index in [4.69, 9.17) is 14.2 Å². The van der Waals surface area contributed by atoms with Crippen LogP contribution >= 0.6 is 0 Å². The first-order chi connectivity index (χ1) is 10.2. The van der Waals surface area contributed by atoms with Gasteiger partial charge in [-0.05, 0) is 26.3 Å². The lowest BCUT2D eigenvalue weighted by Gasteiger charge is -2.48. The molecule has 0 aromatic heterocycles. The third kappa shape index (κ3) is 3.59. The quantitative estimate of drug-likeness (QED) is 0.849. The van der Waals surface area contributed by atoms with Crippen molar-refractivity contribution in [1.82, 2.24) is 10.2 Å². The van der Waals surface area contributed by atoms with Gasteiger partial charge in [-0.3, -0.25) is 4.90 Å². The number of rotatable bonds is 4. The van der Waals surface area contributed by atoms with E-state index in [1.165, 1.54) is 6.42 Å². The van der Waals surface area contributed by atoms with Crippen LogP contribution in [0, 0.1) is 0 Å². The van der Waals surface area contributed by atoms with E-state index < -0.39 is 0 Å². The smallest absolute Gasteiger partial charge is 0.170 e. The van der Waals surface area contributed by atoms with Crippen LogP contribution in [0.3, 0.4) is 0 Å². The number of hydrogen-bond acceptors (Lipinski definition) is 5. The van der Waals surface area contributed by atoms with Crippen molar-refractivity contribution >= 4 is 0 Å². The highest BCUT2D eigenvalue weighted by atomic mass is 16.7. The van der Waals surface area contributed by atoms with E-state index in [1.807, 2.05) is 0 Å². The van der Waals surface area contributed by atoms with Crippen molar-refractivity contribution in [3.05, 3.63) is 0 Å². The van der Waals surface area contributed by atoms with Gasteiger partial charge in [-0.15, -0.1) is 0 Å². The molecule has 3 unspecified atom stereocenters. The summed E-state index contributed by atoms with van der Waals surface area (Å²) < 4.78 is 17.7. The number of ether oxygens (including phenoxy) is 3. The van der Waals surface area contributed by atoms with Crippen molar-refractivity contribution in [2.75, 3.05) is 39.5 Å². The summed E-state index contributed by atoms with van der Waals surface area (Å²) in [4.78, 5) is 2.59. The molecule has 5 heteroatoms. The molecule has 0 aromatic rings. The van der Waals surface area contributed by atoms with E-state index in [9.17, 15) is 0 Å². The normalized spacial score (nSPS) is 37.1. The Kier molecular flexibility index (Phi) is 5.17. The fraction of sp³-hybridized carbons (Fsp3) is 1.00. The molecule has 5 nitrogen and oxygen atoms in total. The lowest BCUT2D eigenvalue weighted by atomic mass is 9.84. The molecule has 2 heterocycles.